The number of carbonyl (C=O) groups is 1. The average molecular weight is 344 g/mol. The molecule has 0 atom stereocenters. The van der Waals surface area contributed by atoms with Gasteiger partial charge in [-0.3, -0.25) is 0 Å². The second-order valence-corrected chi connectivity index (χ2v) is 8.88. The molecule has 0 spiro atoms. The Morgan fingerprint density at radius 1 is 1.36 bits per heavy atom. The Balaban J connectivity index is 1.92. The van der Waals surface area contributed by atoms with Gasteiger partial charge in [-0.15, -0.1) is 11.3 Å². The zero-order valence-corrected chi connectivity index (χ0v) is 14.4. The standard InChI is InChI=1S/C15H23NO4S2/c1-2-3-4-13-5-6-14(21-13)12-7-9-16(10-8-12)22(19,20)11-15(17)18/h5-6,12H,2-4,7-11H2,1H3,(H,17,18)/p-1. The summed E-state index contributed by atoms with van der Waals surface area (Å²) in [5.74, 6) is -2.08. The third-order valence-electron chi connectivity index (χ3n) is 4.01. The summed E-state index contributed by atoms with van der Waals surface area (Å²) >= 11 is 1.83. The lowest BCUT2D eigenvalue weighted by Crippen LogP contribution is -2.43. The molecule has 1 aromatic rings. The van der Waals surface area contributed by atoms with Crippen molar-refractivity contribution in [3.63, 3.8) is 0 Å². The molecular weight excluding hydrogens is 322 g/mol. The van der Waals surface area contributed by atoms with Crippen LogP contribution in [0.3, 0.4) is 0 Å². The number of sulfonamides is 1. The Morgan fingerprint density at radius 2 is 2.05 bits per heavy atom. The van der Waals surface area contributed by atoms with Crippen LogP contribution in [0.5, 0.6) is 0 Å². The van der Waals surface area contributed by atoms with Crippen molar-refractivity contribution < 1.29 is 18.3 Å². The highest BCUT2D eigenvalue weighted by Gasteiger charge is 2.29. The van der Waals surface area contributed by atoms with Crippen molar-refractivity contribution in [3.05, 3.63) is 21.9 Å². The van der Waals surface area contributed by atoms with Crippen LogP contribution < -0.4 is 5.11 Å². The number of carboxylic acids is 1. The molecule has 1 saturated heterocycles. The number of aliphatic carboxylic acids is 1. The van der Waals surface area contributed by atoms with E-state index in [2.05, 4.69) is 19.1 Å². The number of hydrogen-bond acceptors (Lipinski definition) is 5. The van der Waals surface area contributed by atoms with E-state index in [1.165, 1.54) is 26.9 Å². The Bertz CT molecular complexity index is 601. The monoisotopic (exact) mass is 344 g/mol. The normalized spacial score (nSPS) is 17.7. The molecule has 0 bridgehead atoms. The van der Waals surface area contributed by atoms with Crippen LogP contribution in [0.2, 0.25) is 0 Å². The first-order chi connectivity index (χ1) is 10.4. The largest absolute Gasteiger partial charge is 0.549 e. The topological polar surface area (TPSA) is 77.5 Å². The van der Waals surface area contributed by atoms with Crippen molar-refractivity contribution in [2.45, 2.75) is 44.9 Å². The van der Waals surface area contributed by atoms with Gasteiger partial charge in [-0.1, -0.05) is 13.3 Å². The number of nitrogens with zero attached hydrogens (tertiary/aromatic N) is 1. The fourth-order valence-corrected chi connectivity index (χ4v) is 5.23. The highest BCUT2D eigenvalue weighted by atomic mass is 32.2. The van der Waals surface area contributed by atoms with Crippen LogP contribution in [0.15, 0.2) is 12.1 Å². The zero-order valence-electron chi connectivity index (χ0n) is 12.8. The van der Waals surface area contributed by atoms with Gasteiger partial charge in [0.15, 0.2) is 0 Å². The first-order valence-corrected chi connectivity index (χ1v) is 10.1. The smallest absolute Gasteiger partial charge is 0.219 e. The van der Waals surface area contributed by atoms with E-state index < -0.39 is 21.7 Å². The summed E-state index contributed by atoms with van der Waals surface area (Å²) in [6.07, 6.45) is 4.99. The maximum Gasteiger partial charge on any atom is 0.219 e. The van der Waals surface area contributed by atoms with Gasteiger partial charge in [0.1, 0.15) is 5.75 Å². The van der Waals surface area contributed by atoms with E-state index in [0.29, 0.717) is 19.0 Å². The summed E-state index contributed by atoms with van der Waals surface area (Å²) in [7, 11) is -3.72. The van der Waals surface area contributed by atoms with Gasteiger partial charge in [0.05, 0.1) is 5.97 Å². The number of rotatable bonds is 7. The highest BCUT2D eigenvalue weighted by Crippen LogP contribution is 2.34. The summed E-state index contributed by atoms with van der Waals surface area (Å²) in [6, 6.07) is 4.33. The van der Waals surface area contributed by atoms with Crippen molar-refractivity contribution in [1.29, 1.82) is 0 Å². The lowest BCUT2D eigenvalue weighted by atomic mass is 9.96. The minimum atomic E-state index is -3.72. The predicted molar refractivity (Wildman–Crippen MR) is 85.3 cm³/mol. The molecule has 0 amide bonds. The van der Waals surface area contributed by atoms with Crippen LogP contribution in [-0.4, -0.2) is 37.5 Å². The fraction of sp³-hybridized carbons (Fsp3) is 0.667. The first kappa shape index (κ1) is 17.4. The summed E-state index contributed by atoms with van der Waals surface area (Å²) < 4.78 is 25.0. The SMILES string of the molecule is CCCCc1ccc(C2CCN(S(=O)(=O)CC(=O)[O-])CC2)s1. The number of unbranched alkanes of at least 4 members (excludes halogenated alkanes) is 1. The number of carboxylic acid groups (broad SMARTS) is 1. The van der Waals surface area contributed by atoms with Crippen molar-refractivity contribution in [1.82, 2.24) is 4.31 Å². The lowest BCUT2D eigenvalue weighted by molar-refractivity contribution is -0.301. The highest BCUT2D eigenvalue weighted by molar-refractivity contribution is 7.89. The van der Waals surface area contributed by atoms with Gasteiger partial charge in [0, 0.05) is 22.8 Å². The van der Waals surface area contributed by atoms with Gasteiger partial charge in [-0.05, 0) is 43.7 Å². The molecule has 0 radical (unpaired) electrons. The minimum Gasteiger partial charge on any atom is -0.549 e. The molecule has 0 unspecified atom stereocenters. The van der Waals surface area contributed by atoms with Gasteiger partial charge >= 0.3 is 0 Å². The van der Waals surface area contributed by atoms with Crippen molar-refractivity contribution >= 4 is 27.3 Å². The lowest BCUT2D eigenvalue weighted by Gasteiger charge is -2.30. The maximum absolute atomic E-state index is 11.9. The van der Waals surface area contributed by atoms with Gasteiger partial charge in [-0.2, -0.15) is 0 Å². The molecule has 2 rings (SSSR count). The van der Waals surface area contributed by atoms with Crippen LogP contribution in [-0.2, 0) is 21.2 Å². The Morgan fingerprint density at radius 3 is 2.64 bits per heavy atom. The molecular formula is C15H22NO4S2-. The average Bonchev–Trinajstić information content (AvgIpc) is 2.93. The van der Waals surface area contributed by atoms with Crippen molar-refractivity contribution in [2.24, 2.45) is 0 Å². The summed E-state index contributed by atoms with van der Waals surface area (Å²) in [5, 5.41) is 10.5. The van der Waals surface area contributed by atoms with Crippen molar-refractivity contribution in [2.75, 3.05) is 18.8 Å². The van der Waals surface area contributed by atoms with Crippen LogP contribution in [0, 0.1) is 0 Å². The van der Waals surface area contributed by atoms with E-state index in [0.717, 1.165) is 19.3 Å². The fourth-order valence-electron chi connectivity index (χ4n) is 2.76. The second-order valence-electron chi connectivity index (χ2n) is 5.71. The molecule has 22 heavy (non-hydrogen) atoms. The Kier molecular flexibility index (Phi) is 6.00. The Labute approximate surface area is 136 Å². The summed E-state index contributed by atoms with van der Waals surface area (Å²) in [6.45, 7) is 2.96. The van der Waals surface area contributed by atoms with Crippen LogP contribution in [0.1, 0.15) is 48.3 Å². The molecule has 1 aliphatic heterocycles. The van der Waals surface area contributed by atoms with Crippen molar-refractivity contribution in [3.8, 4) is 0 Å². The van der Waals surface area contributed by atoms with Crippen LogP contribution in [0.4, 0.5) is 0 Å². The molecule has 1 aromatic heterocycles. The molecule has 124 valence electrons. The molecule has 1 fully saturated rings. The van der Waals surface area contributed by atoms with E-state index in [1.54, 1.807) is 0 Å². The summed E-state index contributed by atoms with van der Waals surface area (Å²) in [5.41, 5.74) is 0. The molecule has 0 saturated carbocycles. The molecule has 0 aromatic carbocycles. The molecule has 1 aliphatic rings. The number of aryl methyl sites for hydroxylation is 1. The molecule has 0 N–H and O–H groups in total. The predicted octanol–water partition coefficient (Wildman–Crippen LogP) is 1.35. The van der Waals surface area contributed by atoms with Crippen LogP contribution in [0.25, 0.3) is 0 Å². The number of piperidine rings is 1. The number of thiophene rings is 1. The van der Waals surface area contributed by atoms with Gasteiger partial charge in [0.25, 0.3) is 0 Å². The third kappa shape index (κ3) is 4.54. The molecule has 2 heterocycles. The molecule has 7 heteroatoms. The zero-order chi connectivity index (χ0) is 16.2. The maximum atomic E-state index is 11.9. The van der Waals surface area contributed by atoms with Crippen LogP contribution >= 0.6 is 11.3 Å². The second kappa shape index (κ2) is 7.57. The third-order valence-corrected chi connectivity index (χ3v) is 7.07. The quantitative estimate of drug-likeness (QED) is 0.748. The van der Waals surface area contributed by atoms with E-state index in [-0.39, 0.29) is 0 Å². The van der Waals surface area contributed by atoms with E-state index in [1.807, 2.05) is 11.3 Å². The summed E-state index contributed by atoms with van der Waals surface area (Å²) in [4.78, 5) is 13.2. The minimum absolute atomic E-state index is 0.384. The first-order valence-electron chi connectivity index (χ1n) is 7.68. The Hall–Kier alpha value is -0.920. The van der Waals surface area contributed by atoms with E-state index in [9.17, 15) is 18.3 Å². The molecule has 0 aliphatic carbocycles. The van der Waals surface area contributed by atoms with Gasteiger partial charge in [-0.25, -0.2) is 12.7 Å². The van der Waals surface area contributed by atoms with E-state index in [4.69, 9.17) is 0 Å². The van der Waals surface area contributed by atoms with Gasteiger partial charge < -0.3 is 9.90 Å². The number of hydrogen-bond donors (Lipinski definition) is 0. The van der Waals surface area contributed by atoms with Gasteiger partial charge in [0.2, 0.25) is 10.0 Å². The van der Waals surface area contributed by atoms with E-state index >= 15 is 0 Å². The number of carbonyl (C=O) groups excluding carboxylic acids is 1. The molecule has 5 nitrogen and oxygen atoms in total.